The molecule has 0 bridgehead atoms. The van der Waals surface area contributed by atoms with Crippen molar-refractivity contribution in [1.82, 2.24) is 15.3 Å². The molecule has 106 valence electrons. The highest BCUT2D eigenvalue weighted by Crippen LogP contribution is 2.13. The number of hydrogen-bond donors (Lipinski definition) is 2. The van der Waals surface area contributed by atoms with Gasteiger partial charge in [-0.15, -0.1) is 0 Å². The Bertz CT molecular complexity index is 482. The first-order valence-corrected chi connectivity index (χ1v) is 6.54. The molecule has 0 aliphatic rings. The second-order valence-electron chi connectivity index (χ2n) is 4.74. The van der Waals surface area contributed by atoms with Crippen LogP contribution in [0.2, 0.25) is 0 Å². The van der Waals surface area contributed by atoms with Gasteiger partial charge in [0.15, 0.2) is 0 Å². The van der Waals surface area contributed by atoms with Gasteiger partial charge in [0.2, 0.25) is 5.91 Å². The van der Waals surface area contributed by atoms with Crippen LogP contribution in [0.15, 0.2) is 10.9 Å². The van der Waals surface area contributed by atoms with E-state index >= 15 is 0 Å². The van der Waals surface area contributed by atoms with E-state index < -0.39 is 0 Å². The zero-order valence-corrected chi connectivity index (χ0v) is 12.0. The number of H-pyrrole nitrogens is 1. The van der Waals surface area contributed by atoms with Crippen LogP contribution in [0.3, 0.4) is 0 Å². The molecule has 0 saturated carbocycles. The van der Waals surface area contributed by atoms with Crippen LogP contribution in [-0.2, 0) is 4.79 Å². The number of nitrogens with zero attached hydrogens (tertiary/aromatic N) is 2. The summed E-state index contributed by atoms with van der Waals surface area (Å²) in [4.78, 5) is 32.1. The fraction of sp³-hybridized carbons (Fsp3) is 0.615. The Hall–Kier alpha value is -1.85. The molecule has 1 amide bonds. The lowest BCUT2D eigenvalue weighted by atomic mass is 10.2. The molecule has 1 heterocycles. The molecule has 0 fully saturated rings. The minimum atomic E-state index is -0.188. The maximum atomic E-state index is 11.7. The Morgan fingerprint density at radius 3 is 2.74 bits per heavy atom. The number of aromatic nitrogens is 2. The fourth-order valence-electron chi connectivity index (χ4n) is 1.70. The highest BCUT2D eigenvalue weighted by atomic mass is 16.2. The highest BCUT2D eigenvalue weighted by molar-refractivity contribution is 5.80. The summed E-state index contributed by atoms with van der Waals surface area (Å²) in [6.45, 7) is 6.84. The second kappa shape index (κ2) is 6.92. The predicted octanol–water partition coefficient (Wildman–Crippen LogP) is 0.856. The van der Waals surface area contributed by atoms with Crippen LogP contribution in [0.4, 0.5) is 5.82 Å². The van der Waals surface area contributed by atoms with E-state index in [4.69, 9.17) is 0 Å². The van der Waals surface area contributed by atoms with Gasteiger partial charge >= 0.3 is 0 Å². The van der Waals surface area contributed by atoms with E-state index in [9.17, 15) is 9.59 Å². The summed E-state index contributed by atoms with van der Waals surface area (Å²) in [5, 5.41) is 2.58. The van der Waals surface area contributed by atoms with Crippen LogP contribution in [0.25, 0.3) is 0 Å². The predicted molar refractivity (Wildman–Crippen MR) is 75.5 cm³/mol. The fourth-order valence-corrected chi connectivity index (χ4v) is 1.70. The zero-order chi connectivity index (χ0) is 14.4. The molecule has 0 saturated heterocycles. The highest BCUT2D eigenvalue weighted by Gasteiger charge is 2.14. The lowest BCUT2D eigenvalue weighted by molar-refractivity contribution is -0.119. The number of hydrogen-bond acceptors (Lipinski definition) is 4. The number of anilines is 1. The maximum absolute atomic E-state index is 11.7. The number of carbonyl (C=O) groups is 1. The topological polar surface area (TPSA) is 78.1 Å². The van der Waals surface area contributed by atoms with Gasteiger partial charge in [-0.3, -0.25) is 9.59 Å². The molecule has 0 atom stereocenters. The average molecular weight is 266 g/mol. The van der Waals surface area contributed by atoms with Crippen LogP contribution in [0, 0.1) is 0 Å². The Balaban J connectivity index is 3.07. The quantitative estimate of drug-likeness (QED) is 0.800. The summed E-state index contributed by atoms with van der Waals surface area (Å²) in [6.07, 6.45) is 0.877. The van der Waals surface area contributed by atoms with E-state index in [-0.39, 0.29) is 23.9 Å². The van der Waals surface area contributed by atoms with E-state index in [1.54, 1.807) is 7.05 Å². The van der Waals surface area contributed by atoms with Crippen LogP contribution in [0.1, 0.15) is 38.9 Å². The Morgan fingerprint density at radius 1 is 1.53 bits per heavy atom. The van der Waals surface area contributed by atoms with Gasteiger partial charge in [0, 0.05) is 25.6 Å². The summed E-state index contributed by atoms with van der Waals surface area (Å²) in [6, 6.07) is 1.43. The van der Waals surface area contributed by atoms with Gasteiger partial charge in [-0.1, -0.05) is 20.8 Å². The minimum Gasteiger partial charge on any atom is -0.358 e. The third kappa shape index (κ3) is 4.39. The van der Waals surface area contributed by atoms with Crippen LogP contribution < -0.4 is 15.8 Å². The Kier molecular flexibility index (Phi) is 5.54. The van der Waals surface area contributed by atoms with Crippen molar-refractivity contribution < 1.29 is 4.79 Å². The largest absolute Gasteiger partial charge is 0.358 e. The van der Waals surface area contributed by atoms with E-state index in [0.717, 1.165) is 6.42 Å². The minimum absolute atomic E-state index is 0.0957. The van der Waals surface area contributed by atoms with E-state index in [2.05, 4.69) is 15.3 Å². The normalized spacial score (nSPS) is 10.6. The number of carbonyl (C=O) groups excluding carboxylic acids is 1. The lowest BCUT2D eigenvalue weighted by Gasteiger charge is -2.22. The molecule has 1 rings (SSSR count). The molecule has 6 nitrogen and oxygen atoms in total. The van der Waals surface area contributed by atoms with Gasteiger partial charge in [0.05, 0.1) is 6.54 Å². The molecule has 0 aliphatic heterocycles. The third-order valence-electron chi connectivity index (χ3n) is 2.72. The average Bonchev–Trinajstić information content (AvgIpc) is 2.37. The molecular formula is C13H22N4O2. The molecule has 1 aromatic heterocycles. The standard InChI is InChI=1S/C13H22N4O2/c1-5-6-17(8-12(19)14-4)10-7-11(18)16-13(15-10)9(2)3/h7,9H,5-6,8H2,1-4H3,(H,14,19)(H,15,16,18). The monoisotopic (exact) mass is 266 g/mol. The van der Waals surface area contributed by atoms with Crippen LogP contribution >= 0.6 is 0 Å². The molecule has 0 aromatic carbocycles. The molecule has 6 heteroatoms. The molecule has 0 aliphatic carbocycles. The van der Waals surface area contributed by atoms with Crippen molar-refractivity contribution in [2.45, 2.75) is 33.1 Å². The first-order chi connectivity index (χ1) is 8.97. The van der Waals surface area contributed by atoms with Crippen LogP contribution in [0.5, 0.6) is 0 Å². The number of amides is 1. The lowest BCUT2D eigenvalue weighted by Crippen LogP contribution is -2.37. The van der Waals surface area contributed by atoms with Gasteiger partial charge in [-0.2, -0.15) is 0 Å². The number of nitrogens with one attached hydrogen (secondary N) is 2. The van der Waals surface area contributed by atoms with Gasteiger partial charge in [-0.25, -0.2) is 4.98 Å². The van der Waals surface area contributed by atoms with Crippen molar-refractivity contribution >= 4 is 11.7 Å². The summed E-state index contributed by atoms with van der Waals surface area (Å²) >= 11 is 0. The maximum Gasteiger partial charge on any atom is 0.252 e. The van der Waals surface area contributed by atoms with E-state index in [1.807, 2.05) is 25.7 Å². The summed E-state index contributed by atoms with van der Waals surface area (Å²) in [7, 11) is 1.59. The molecule has 0 radical (unpaired) electrons. The first kappa shape index (κ1) is 15.2. The molecule has 19 heavy (non-hydrogen) atoms. The van der Waals surface area contributed by atoms with Gasteiger partial charge < -0.3 is 15.2 Å². The van der Waals surface area contributed by atoms with Gasteiger partial charge in [-0.05, 0) is 6.42 Å². The Labute approximate surface area is 113 Å². The first-order valence-electron chi connectivity index (χ1n) is 6.54. The van der Waals surface area contributed by atoms with Crippen molar-refractivity contribution in [3.8, 4) is 0 Å². The number of aromatic amines is 1. The molecule has 2 N–H and O–H groups in total. The third-order valence-corrected chi connectivity index (χ3v) is 2.72. The SMILES string of the molecule is CCCN(CC(=O)NC)c1cc(=O)[nH]c(C(C)C)n1. The molecular weight excluding hydrogens is 244 g/mol. The van der Waals surface area contributed by atoms with E-state index in [1.165, 1.54) is 6.07 Å². The summed E-state index contributed by atoms with van der Waals surface area (Å²) in [5.74, 6) is 1.23. The number of likely N-dealkylation sites (N-methyl/N-ethyl adjacent to an activating group) is 1. The van der Waals surface area contributed by atoms with Gasteiger partial charge in [0.1, 0.15) is 11.6 Å². The van der Waals surface area contributed by atoms with Crippen molar-refractivity contribution in [2.24, 2.45) is 0 Å². The molecule has 0 spiro atoms. The van der Waals surface area contributed by atoms with Crippen molar-refractivity contribution in [2.75, 3.05) is 25.0 Å². The zero-order valence-electron chi connectivity index (χ0n) is 12.0. The van der Waals surface area contributed by atoms with Crippen molar-refractivity contribution in [3.63, 3.8) is 0 Å². The van der Waals surface area contributed by atoms with E-state index in [0.29, 0.717) is 18.2 Å². The van der Waals surface area contributed by atoms with Crippen LogP contribution in [-0.4, -0.2) is 36.0 Å². The van der Waals surface area contributed by atoms with Crippen molar-refractivity contribution in [3.05, 3.63) is 22.2 Å². The summed E-state index contributed by atoms with van der Waals surface area (Å²) in [5.41, 5.74) is -0.188. The smallest absolute Gasteiger partial charge is 0.252 e. The molecule has 1 aromatic rings. The van der Waals surface area contributed by atoms with Crippen molar-refractivity contribution in [1.29, 1.82) is 0 Å². The molecule has 0 unspecified atom stereocenters. The number of rotatable bonds is 6. The summed E-state index contributed by atoms with van der Waals surface area (Å²) < 4.78 is 0. The second-order valence-corrected chi connectivity index (χ2v) is 4.74. The van der Waals surface area contributed by atoms with Gasteiger partial charge in [0.25, 0.3) is 5.56 Å². The Morgan fingerprint density at radius 2 is 2.21 bits per heavy atom.